The molecule has 5 heteroatoms. The van der Waals surface area contributed by atoms with E-state index in [1.165, 1.54) is 0 Å². The van der Waals surface area contributed by atoms with Crippen LogP contribution in [0.1, 0.15) is 59.3 Å². The number of nitrogens with zero attached hydrogens (tertiary/aromatic N) is 1. The van der Waals surface area contributed by atoms with Crippen molar-refractivity contribution in [2.45, 2.75) is 89.8 Å². The molecule has 0 radical (unpaired) electrons. The van der Waals surface area contributed by atoms with Gasteiger partial charge in [-0.15, -0.1) is 6.10 Å². The number of amides is 1. The van der Waals surface area contributed by atoms with Crippen LogP contribution in [0.4, 0.5) is 0 Å². The highest BCUT2D eigenvalue weighted by Gasteiger charge is 2.45. The monoisotopic (exact) mass is 402 g/mol. The van der Waals surface area contributed by atoms with Crippen molar-refractivity contribution in [1.82, 2.24) is 4.90 Å². The Morgan fingerprint density at radius 3 is 2.83 bits per heavy atom. The highest BCUT2D eigenvalue weighted by atomic mass is 16.5. The number of aliphatic hydroxyl groups excluding tert-OH is 1. The number of carbonyl (C=O) groups excluding carboxylic acids is 1. The minimum absolute atomic E-state index is 0.0542. The number of carbonyl (C=O) groups is 1. The fourth-order valence-corrected chi connectivity index (χ4v) is 5.93. The van der Waals surface area contributed by atoms with Crippen molar-refractivity contribution in [1.29, 1.82) is 0 Å². The Kier molecular flexibility index (Phi) is 6.19. The molecule has 8 atom stereocenters. The molecule has 0 aromatic heterocycles. The molecule has 1 heterocycles. The fraction of sp³-hybridized carbons (Fsp3) is 0.792. The van der Waals surface area contributed by atoms with Crippen molar-refractivity contribution in [3.05, 3.63) is 23.8 Å². The summed E-state index contributed by atoms with van der Waals surface area (Å²) in [6.07, 6.45) is 10.9. The van der Waals surface area contributed by atoms with Gasteiger partial charge >= 0.3 is 0 Å². The lowest BCUT2D eigenvalue weighted by molar-refractivity contribution is -0.478. The van der Waals surface area contributed by atoms with Crippen LogP contribution in [0.3, 0.4) is 0 Å². The fourth-order valence-electron chi connectivity index (χ4n) is 5.93. The van der Waals surface area contributed by atoms with Gasteiger partial charge in [0.05, 0.1) is 24.2 Å². The van der Waals surface area contributed by atoms with Crippen molar-refractivity contribution >= 4 is 5.91 Å². The van der Waals surface area contributed by atoms with Crippen LogP contribution in [0.25, 0.3) is 0 Å². The van der Waals surface area contributed by atoms with Gasteiger partial charge in [-0.3, -0.25) is 4.79 Å². The maximum Gasteiger partial charge on any atom is 0.232 e. The molecule has 5 nitrogen and oxygen atoms in total. The number of likely N-dealkylation sites (tertiary alicyclic amines) is 1. The standard InChI is InChI=1S/C24H36NO4/c1-14(2)29-20-11-10-17(21-22(26)15(3)23(21)27)13-18(20)24(28)25-12-6-8-16-7-4-5-9-19(16)25/h4,7,13-16,18-23,26H,5-6,8-12H2,1-3H3/q-1. The van der Waals surface area contributed by atoms with Crippen LogP contribution < -0.4 is 5.11 Å². The molecular formula is C24H36NO4-. The molecule has 2 fully saturated rings. The molecule has 3 aliphatic carbocycles. The van der Waals surface area contributed by atoms with E-state index in [1.54, 1.807) is 0 Å². The van der Waals surface area contributed by atoms with Gasteiger partial charge in [-0.1, -0.05) is 30.7 Å². The van der Waals surface area contributed by atoms with E-state index >= 15 is 0 Å². The molecule has 1 aliphatic heterocycles. The predicted molar refractivity (Wildman–Crippen MR) is 110 cm³/mol. The zero-order chi connectivity index (χ0) is 20.7. The van der Waals surface area contributed by atoms with E-state index in [4.69, 9.17) is 4.74 Å². The van der Waals surface area contributed by atoms with Crippen LogP contribution in [-0.4, -0.2) is 52.9 Å². The third-order valence-electron chi connectivity index (χ3n) is 7.58. The second-order valence-corrected chi connectivity index (χ2v) is 9.78. The second kappa shape index (κ2) is 8.52. The first kappa shape index (κ1) is 21.1. The molecule has 1 saturated carbocycles. The third kappa shape index (κ3) is 3.94. The summed E-state index contributed by atoms with van der Waals surface area (Å²) in [6, 6.07) is 0.293. The smallest absolute Gasteiger partial charge is 0.232 e. The van der Waals surface area contributed by atoms with E-state index in [1.807, 2.05) is 26.8 Å². The average Bonchev–Trinajstić information content (AvgIpc) is 2.73. The number of hydrogen-bond acceptors (Lipinski definition) is 4. The minimum atomic E-state index is -0.766. The lowest BCUT2D eigenvalue weighted by Crippen LogP contribution is -2.61. The van der Waals surface area contributed by atoms with Crippen molar-refractivity contribution < 1.29 is 19.7 Å². The second-order valence-electron chi connectivity index (χ2n) is 9.78. The van der Waals surface area contributed by atoms with Gasteiger partial charge in [0.1, 0.15) is 0 Å². The summed E-state index contributed by atoms with van der Waals surface area (Å²) >= 11 is 0. The Hall–Kier alpha value is -1.17. The van der Waals surface area contributed by atoms with E-state index in [0.717, 1.165) is 50.6 Å². The van der Waals surface area contributed by atoms with Crippen molar-refractivity contribution in [2.24, 2.45) is 23.7 Å². The third-order valence-corrected chi connectivity index (χ3v) is 7.58. The van der Waals surface area contributed by atoms with Crippen molar-refractivity contribution in [3.8, 4) is 0 Å². The first-order valence-electron chi connectivity index (χ1n) is 11.6. The Morgan fingerprint density at radius 1 is 1.31 bits per heavy atom. The molecular weight excluding hydrogens is 366 g/mol. The molecule has 29 heavy (non-hydrogen) atoms. The van der Waals surface area contributed by atoms with Gasteiger partial charge in [-0.2, -0.15) is 0 Å². The minimum Gasteiger partial charge on any atom is -0.851 e. The zero-order valence-corrected chi connectivity index (χ0v) is 18.0. The summed E-state index contributed by atoms with van der Waals surface area (Å²) in [5.74, 6) is -0.273. The topological polar surface area (TPSA) is 72.8 Å². The summed E-state index contributed by atoms with van der Waals surface area (Å²) in [5.41, 5.74) is 0.981. The summed E-state index contributed by atoms with van der Waals surface area (Å²) in [5, 5.41) is 22.8. The molecule has 8 unspecified atom stereocenters. The number of ether oxygens (including phenoxy) is 1. The quantitative estimate of drug-likeness (QED) is 0.733. The molecule has 0 bridgehead atoms. The van der Waals surface area contributed by atoms with Gasteiger partial charge < -0.3 is 19.8 Å². The van der Waals surface area contributed by atoms with Crippen LogP contribution in [0, 0.1) is 23.7 Å². The zero-order valence-electron chi connectivity index (χ0n) is 18.0. The van der Waals surface area contributed by atoms with Crippen molar-refractivity contribution in [2.75, 3.05) is 6.54 Å². The number of fused-ring (bicyclic) bond motifs is 1. The molecule has 0 aromatic carbocycles. The van der Waals surface area contributed by atoms with Crippen molar-refractivity contribution in [3.63, 3.8) is 0 Å². The molecule has 1 amide bonds. The Labute approximate surface area is 174 Å². The lowest BCUT2D eigenvalue weighted by Gasteiger charge is -2.55. The van der Waals surface area contributed by atoms with Gasteiger partial charge in [0, 0.05) is 12.6 Å². The number of hydrogen-bond donors (Lipinski definition) is 1. The molecule has 4 rings (SSSR count). The largest absolute Gasteiger partial charge is 0.851 e. The van der Waals surface area contributed by atoms with Crippen LogP contribution in [-0.2, 0) is 9.53 Å². The highest BCUT2D eigenvalue weighted by Crippen LogP contribution is 2.43. The molecule has 0 spiro atoms. The summed E-state index contributed by atoms with van der Waals surface area (Å²) in [4.78, 5) is 15.8. The van der Waals surface area contributed by atoms with E-state index in [2.05, 4.69) is 17.1 Å². The van der Waals surface area contributed by atoms with E-state index in [9.17, 15) is 15.0 Å². The van der Waals surface area contributed by atoms with E-state index in [-0.39, 0.29) is 35.9 Å². The molecule has 1 saturated heterocycles. The molecule has 1 N–H and O–H groups in total. The maximum atomic E-state index is 13.7. The number of allylic oxidation sites excluding steroid dienone is 1. The summed E-state index contributed by atoms with van der Waals surface area (Å²) in [6.45, 7) is 6.65. The first-order valence-corrected chi connectivity index (χ1v) is 11.6. The van der Waals surface area contributed by atoms with Crippen LogP contribution in [0.5, 0.6) is 0 Å². The van der Waals surface area contributed by atoms with Gasteiger partial charge in [-0.05, 0) is 70.1 Å². The normalized spacial score (nSPS) is 42.3. The Balaban J connectivity index is 1.58. The van der Waals surface area contributed by atoms with Crippen LogP contribution in [0.2, 0.25) is 0 Å². The average molecular weight is 403 g/mol. The van der Waals surface area contributed by atoms with Gasteiger partial charge in [0.25, 0.3) is 0 Å². The molecule has 4 aliphatic rings. The number of rotatable bonds is 4. The number of piperidine rings is 1. The molecule has 162 valence electrons. The lowest BCUT2D eigenvalue weighted by atomic mass is 9.64. The highest BCUT2D eigenvalue weighted by molar-refractivity contribution is 5.82. The summed E-state index contributed by atoms with van der Waals surface area (Å²) in [7, 11) is 0. The van der Waals surface area contributed by atoms with Gasteiger partial charge in [0.2, 0.25) is 5.91 Å². The van der Waals surface area contributed by atoms with Crippen LogP contribution >= 0.6 is 0 Å². The van der Waals surface area contributed by atoms with E-state index < -0.39 is 12.2 Å². The SMILES string of the molecule is CC(C)OC1CCC(C2C([O-])C(C)C2O)=CC1C(=O)N1CCCC2C=CCCC21. The maximum absolute atomic E-state index is 13.7. The van der Waals surface area contributed by atoms with E-state index in [0.29, 0.717) is 12.0 Å². The Morgan fingerprint density at radius 2 is 2.10 bits per heavy atom. The molecule has 0 aromatic rings. The summed E-state index contributed by atoms with van der Waals surface area (Å²) < 4.78 is 6.16. The predicted octanol–water partition coefficient (Wildman–Crippen LogP) is 2.43. The Bertz CT molecular complexity index is 662. The number of aliphatic hydroxyl groups is 1. The van der Waals surface area contributed by atoms with Gasteiger partial charge in [-0.25, -0.2) is 0 Å². The van der Waals surface area contributed by atoms with Crippen LogP contribution in [0.15, 0.2) is 23.8 Å². The van der Waals surface area contributed by atoms with Gasteiger partial charge in [0.15, 0.2) is 0 Å². The first-order chi connectivity index (χ1) is 13.9.